The standard InChI is InChI=1S/C22H21NO5/c24-10-8-18-14-23(9-11-27-18)21(25)17-6-3-5-15(12-17)19-13-16-4-1-2-7-20(16)28-22(19)26/h1-7,12-13,18,24H,8-11,14H2. The molecule has 6 heteroatoms. The van der Waals surface area contributed by atoms with E-state index in [0.29, 0.717) is 48.4 Å². The second-order valence-corrected chi connectivity index (χ2v) is 6.82. The van der Waals surface area contributed by atoms with Gasteiger partial charge in [-0.3, -0.25) is 4.79 Å². The first-order valence-electron chi connectivity index (χ1n) is 9.31. The summed E-state index contributed by atoms with van der Waals surface area (Å²) in [6.45, 7) is 1.43. The Hall–Kier alpha value is -2.96. The van der Waals surface area contributed by atoms with E-state index in [1.165, 1.54) is 0 Å². The summed E-state index contributed by atoms with van der Waals surface area (Å²) in [5.74, 6) is -0.113. The summed E-state index contributed by atoms with van der Waals surface area (Å²) in [5.41, 5.74) is 1.68. The molecule has 0 radical (unpaired) electrons. The highest BCUT2D eigenvalue weighted by molar-refractivity contribution is 5.95. The van der Waals surface area contributed by atoms with Gasteiger partial charge in [-0.1, -0.05) is 30.3 Å². The lowest BCUT2D eigenvalue weighted by molar-refractivity contribution is -0.0306. The van der Waals surface area contributed by atoms with Gasteiger partial charge in [0, 0.05) is 30.6 Å². The first-order valence-corrected chi connectivity index (χ1v) is 9.31. The highest BCUT2D eigenvalue weighted by Gasteiger charge is 2.25. The summed E-state index contributed by atoms with van der Waals surface area (Å²) in [7, 11) is 0. The Morgan fingerprint density at radius 3 is 2.86 bits per heavy atom. The molecule has 0 aliphatic carbocycles. The number of aliphatic hydroxyl groups is 1. The minimum absolute atomic E-state index is 0.0277. The quantitative estimate of drug-likeness (QED) is 0.705. The lowest BCUT2D eigenvalue weighted by Crippen LogP contribution is -2.45. The van der Waals surface area contributed by atoms with Crippen LogP contribution in [0.4, 0.5) is 0 Å². The van der Waals surface area contributed by atoms with E-state index in [4.69, 9.17) is 14.3 Å². The van der Waals surface area contributed by atoms with E-state index >= 15 is 0 Å². The molecular formula is C22H21NO5. The van der Waals surface area contributed by atoms with Crippen LogP contribution < -0.4 is 5.63 Å². The van der Waals surface area contributed by atoms with Gasteiger partial charge in [0.2, 0.25) is 0 Å². The Balaban J connectivity index is 1.64. The van der Waals surface area contributed by atoms with Crippen LogP contribution in [0.3, 0.4) is 0 Å². The summed E-state index contributed by atoms with van der Waals surface area (Å²) in [6, 6.07) is 16.1. The van der Waals surface area contributed by atoms with Gasteiger partial charge in [-0.05, 0) is 36.2 Å². The predicted octanol–water partition coefficient (Wildman–Crippen LogP) is 2.68. The van der Waals surface area contributed by atoms with Crippen LogP contribution in [0.1, 0.15) is 16.8 Å². The maximum absolute atomic E-state index is 12.9. The number of amides is 1. The molecule has 0 saturated carbocycles. The number of carbonyl (C=O) groups is 1. The fourth-order valence-corrected chi connectivity index (χ4v) is 3.49. The lowest BCUT2D eigenvalue weighted by atomic mass is 10.0. The Bertz CT molecular complexity index is 1060. The molecule has 0 spiro atoms. The first kappa shape index (κ1) is 18.4. The molecule has 1 amide bonds. The van der Waals surface area contributed by atoms with Gasteiger partial charge in [0.1, 0.15) is 5.58 Å². The second kappa shape index (κ2) is 7.96. The highest BCUT2D eigenvalue weighted by Crippen LogP contribution is 2.23. The Kier molecular flexibility index (Phi) is 5.23. The zero-order valence-corrected chi connectivity index (χ0v) is 15.3. The number of rotatable bonds is 4. The number of ether oxygens (including phenoxy) is 1. The van der Waals surface area contributed by atoms with Gasteiger partial charge in [-0.2, -0.15) is 0 Å². The van der Waals surface area contributed by atoms with Crippen LogP contribution in [0.2, 0.25) is 0 Å². The maximum atomic E-state index is 12.9. The number of fused-ring (bicyclic) bond motifs is 1. The van der Waals surface area contributed by atoms with Gasteiger partial charge in [-0.15, -0.1) is 0 Å². The summed E-state index contributed by atoms with van der Waals surface area (Å²) in [5, 5.41) is 9.93. The minimum Gasteiger partial charge on any atom is -0.422 e. The van der Waals surface area contributed by atoms with Crippen molar-refractivity contribution in [2.24, 2.45) is 0 Å². The van der Waals surface area contributed by atoms with E-state index in [1.54, 1.807) is 41.3 Å². The third-order valence-electron chi connectivity index (χ3n) is 4.94. The number of nitrogens with zero attached hydrogens (tertiary/aromatic N) is 1. The fraction of sp³-hybridized carbons (Fsp3) is 0.273. The SMILES string of the molecule is O=C(c1cccc(-c2cc3ccccc3oc2=O)c1)N1CCOC(CCO)C1. The number of aliphatic hydroxyl groups excluding tert-OH is 1. The van der Waals surface area contributed by atoms with Crippen LogP contribution in [-0.2, 0) is 4.74 Å². The summed E-state index contributed by atoms with van der Waals surface area (Å²) >= 11 is 0. The van der Waals surface area contributed by atoms with E-state index in [2.05, 4.69) is 0 Å². The number of carbonyl (C=O) groups excluding carboxylic acids is 1. The Morgan fingerprint density at radius 1 is 1.14 bits per heavy atom. The van der Waals surface area contributed by atoms with Crippen molar-refractivity contribution in [2.45, 2.75) is 12.5 Å². The van der Waals surface area contributed by atoms with Gasteiger partial charge in [-0.25, -0.2) is 4.79 Å². The van der Waals surface area contributed by atoms with Crippen molar-refractivity contribution in [3.05, 3.63) is 70.6 Å². The van der Waals surface area contributed by atoms with Gasteiger partial charge < -0.3 is 19.2 Å². The van der Waals surface area contributed by atoms with Crippen LogP contribution in [0.5, 0.6) is 0 Å². The Morgan fingerprint density at radius 2 is 2.00 bits per heavy atom. The lowest BCUT2D eigenvalue weighted by Gasteiger charge is -2.32. The van der Waals surface area contributed by atoms with Crippen LogP contribution in [0.25, 0.3) is 22.1 Å². The van der Waals surface area contributed by atoms with Crippen molar-refractivity contribution in [1.82, 2.24) is 4.90 Å². The molecular weight excluding hydrogens is 358 g/mol. The van der Waals surface area contributed by atoms with Crippen LogP contribution >= 0.6 is 0 Å². The molecule has 0 bridgehead atoms. The number of para-hydroxylation sites is 1. The van der Waals surface area contributed by atoms with Crippen molar-refractivity contribution in [3.63, 3.8) is 0 Å². The summed E-state index contributed by atoms with van der Waals surface area (Å²) in [4.78, 5) is 27.1. The zero-order chi connectivity index (χ0) is 19.5. The van der Waals surface area contributed by atoms with Gasteiger partial charge in [0.05, 0.1) is 18.3 Å². The second-order valence-electron chi connectivity index (χ2n) is 6.82. The van der Waals surface area contributed by atoms with Gasteiger partial charge in [0.15, 0.2) is 0 Å². The maximum Gasteiger partial charge on any atom is 0.344 e. The molecule has 4 rings (SSSR count). The number of benzene rings is 2. The third-order valence-corrected chi connectivity index (χ3v) is 4.94. The van der Waals surface area contributed by atoms with Crippen molar-refractivity contribution in [3.8, 4) is 11.1 Å². The molecule has 3 aromatic rings. The zero-order valence-electron chi connectivity index (χ0n) is 15.3. The molecule has 1 aliphatic rings. The molecule has 1 N–H and O–H groups in total. The molecule has 28 heavy (non-hydrogen) atoms. The number of hydrogen-bond donors (Lipinski definition) is 1. The predicted molar refractivity (Wildman–Crippen MR) is 105 cm³/mol. The molecule has 6 nitrogen and oxygen atoms in total. The van der Waals surface area contributed by atoms with Gasteiger partial charge in [0.25, 0.3) is 5.91 Å². The van der Waals surface area contributed by atoms with Crippen molar-refractivity contribution >= 4 is 16.9 Å². The number of morpholine rings is 1. The van der Waals surface area contributed by atoms with E-state index in [1.807, 2.05) is 18.2 Å². The molecule has 1 fully saturated rings. The molecule has 1 unspecified atom stereocenters. The molecule has 1 aliphatic heterocycles. The smallest absolute Gasteiger partial charge is 0.344 e. The average molecular weight is 379 g/mol. The molecule has 1 saturated heterocycles. The largest absolute Gasteiger partial charge is 0.422 e. The Labute approximate surface area is 162 Å². The summed E-state index contributed by atoms with van der Waals surface area (Å²) in [6.07, 6.45) is 0.348. The van der Waals surface area contributed by atoms with Crippen LogP contribution in [-0.4, -0.2) is 48.3 Å². The first-order chi connectivity index (χ1) is 13.7. The molecule has 1 aromatic heterocycles. The van der Waals surface area contributed by atoms with E-state index in [-0.39, 0.29) is 18.6 Å². The van der Waals surface area contributed by atoms with Crippen LogP contribution in [0.15, 0.2) is 63.8 Å². The normalized spacial score (nSPS) is 17.0. The molecule has 2 aromatic carbocycles. The van der Waals surface area contributed by atoms with Crippen molar-refractivity contribution < 1.29 is 19.1 Å². The monoisotopic (exact) mass is 379 g/mol. The van der Waals surface area contributed by atoms with Crippen molar-refractivity contribution in [1.29, 1.82) is 0 Å². The van der Waals surface area contributed by atoms with E-state index in [0.717, 1.165) is 5.39 Å². The molecule has 144 valence electrons. The van der Waals surface area contributed by atoms with Gasteiger partial charge >= 0.3 is 5.63 Å². The topological polar surface area (TPSA) is 80.0 Å². The van der Waals surface area contributed by atoms with Crippen molar-refractivity contribution in [2.75, 3.05) is 26.3 Å². The fourth-order valence-electron chi connectivity index (χ4n) is 3.49. The third kappa shape index (κ3) is 3.69. The number of hydrogen-bond acceptors (Lipinski definition) is 5. The highest BCUT2D eigenvalue weighted by atomic mass is 16.5. The summed E-state index contributed by atoms with van der Waals surface area (Å²) < 4.78 is 11.0. The average Bonchev–Trinajstić information content (AvgIpc) is 2.73. The molecule has 1 atom stereocenters. The minimum atomic E-state index is -0.433. The van der Waals surface area contributed by atoms with Crippen LogP contribution in [0, 0.1) is 0 Å². The molecule has 2 heterocycles. The van der Waals surface area contributed by atoms with E-state index in [9.17, 15) is 9.59 Å². The van der Waals surface area contributed by atoms with E-state index < -0.39 is 5.63 Å².